The van der Waals surface area contributed by atoms with Gasteiger partial charge in [0.25, 0.3) is 0 Å². The van der Waals surface area contributed by atoms with E-state index in [9.17, 15) is 9.59 Å². The summed E-state index contributed by atoms with van der Waals surface area (Å²) in [6.45, 7) is 6.32. The lowest BCUT2D eigenvalue weighted by molar-refractivity contribution is -0.131. The second-order valence-corrected chi connectivity index (χ2v) is 8.58. The molecule has 4 aromatic rings. The van der Waals surface area contributed by atoms with Gasteiger partial charge in [0.05, 0.1) is 12.3 Å². The molecule has 196 valence electrons. The first kappa shape index (κ1) is 26.5. The first-order valence-corrected chi connectivity index (χ1v) is 12.4. The Bertz CT molecular complexity index is 1380. The van der Waals surface area contributed by atoms with Crippen molar-refractivity contribution in [2.75, 3.05) is 13.2 Å². The highest BCUT2D eigenvalue weighted by atomic mass is 16.6. The minimum atomic E-state index is -0.505. The van der Waals surface area contributed by atoms with Gasteiger partial charge >= 0.3 is 12.1 Å². The van der Waals surface area contributed by atoms with Crippen LogP contribution < -0.4 is 14.2 Å². The second kappa shape index (κ2) is 12.6. The summed E-state index contributed by atoms with van der Waals surface area (Å²) in [5, 5.41) is 0. The number of aryl methyl sites for hydroxylation is 1. The maximum atomic E-state index is 12.8. The Labute approximate surface area is 221 Å². The molecule has 0 atom stereocenters. The fraction of sp³-hybridized carbons (Fsp3) is 0.233. The first-order chi connectivity index (χ1) is 18.4. The Hall–Kier alpha value is -4.59. The predicted octanol–water partition coefficient (Wildman–Crippen LogP) is 6.22. The van der Waals surface area contributed by atoms with E-state index in [1.54, 1.807) is 23.1 Å². The number of amides is 1. The van der Waals surface area contributed by atoms with E-state index in [1.165, 1.54) is 13.0 Å². The Morgan fingerprint density at radius 3 is 2.34 bits per heavy atom. The highest BCUT2D eigenvalue weighted by Crippen LogP contribution is 2.23. The monoisotopic (exact) mass is 514 g/mol. The molecule has 0 fully saturated rings. The van der Waals surface area contributed by atoms with Gasteiger partial charge < -0.3 is 23.5 Å². The zero-order valence-corrected chi connectivity index (χ0v) is 21.7. The number of carbonyl (C=O) groups excluding carboxylic acids is 2. The molecular weight excluding hydrogens is 484 g/mol. The normalized spacial score (nSPS) is 10.6. The Morgan fingerprint density at radius 2 is 1.61 bits per heavy atom. The summed E-state index contributed by atoms with van der Waals surface area (Å²) in [6, 6.07) is 23.8. The predicted molar refractivity (Wildman–Crippen MR) is 142 cm³/mol. The lowest BCUT2D eigenvalue weighted by Crippen LogP contribution is -2.32. The fourth-order valence-corrected chi connectivity index (χ4v) is 3.82. The van der Waals surface area contributed by atoms with E-state index in [0.29, 0.717) is 49.3 Å². The molecule has 1 heterocycles. The van der Waals surface area contributed by atoms with Gasteiger partial charge in [0.2, 0.25) is 5.89 Å². The Kier molecular flexibility index (Phi) is 8.77. The first-order valence-electron chi connectivity index (χ1n) is 12.4. The largest absolute Gasteiger partial charge is 0.493 e. The Balaban J connectivity index is 1.33. The third-order valence-electron chi connectivity index (χ3n) is 5.71. The van der Waals surface area contributed by atoms with Crippen LogP contribution in [0.2, 0.25) is 0 Å². The second-order valence-electron chi connectivity index (χ2n) is 8.58. The van der Waals surface area contributed by atoms with E-state index in [-0.39, 0.29) is 0 Å². The summed E-state index contributed by atoms with van der Waals surface area (Å²) in [5.41, 5.74) is 2.70. The van der Waals surface area contributed by atoms with Crippen LogP contribution in [0.4, 0.5) is 4.79 Å². The quantitative estimate of drug-likeness (QED) is 0.183. The molecule has 0 saturated heterocycles. The van der Waals surface area contributed by atoms with E-state index in [2.05, 4.69) is 4.98 Å². The van der Waals surface area contributed by atoms with Gasteiger partial charge in [0.15, 0.2) is 0 Å². The number of ether oxygens (including phenoxy) is 3. The van der Waals surface area contributed by atoms with Crippen molar-refractivity contribution >= 4 is 12.1 Å². The molecule has 0 N–H and O–H groups in total. The molecule has 38 heavy (non-hydrogen) atoms. The van der Waals surface area contributed by atoms with Gasteiger partial charge in [0, 0.05) is 38.1 Å². The van der Waals surface area contributed by atoms with Gasteiger partial charge in [-0.25, -0.2) is 9.78 Å². The lowest BCUT2D eigenvalue weighted by atomic mass is 10.2. The van der Waals surface area contributed by atoms with Crippen LogP contribution >= 0.6 is 0 Å². The van der Waals surface area contributed by atoms with Gasteiger partial charge in [-0.1, -0.05) is 36.4 Å². The van der Waals surface area contributed by atoms with Crippen molar-refractivity contribution in [1.82, 2.24) is 9.88 Å². The van der Waals surface area contributed by atoms with Gasteiger partial charge in [-0.05, 0) is 55.8 Å². The van der Waals surface area contributed by atoms with E-state index in [1.807, 2.05) is 68.4 Å². The molecular formula is C30H30N2O6. The van der Waals surface area contributed by atoms with Crippen LogP contribution in [0.25, 0.3) is 11.5 Å². The molecule has 3 aromatic carbocycles. The van der Waals surface area contributed by atoms with Gasteiger partial charge in [-0.3, -0.25) is 4.79 Å². The summed E-state index contributed by atoms with van der Waals surface area (Å²) in [7, 11) is 0. The fourth-order valence-electron chi connectivity index (χ4n) is 3.82. The number of hydrogen-bond donors (Lipinski definition) is 0. The molecule has 0 saturated carbocycles. The maximum absolute atomic E-state index is 12.8. The number of oxazole rings is 1. The number of nitrogens with zero attached hydrogens (tertiary/aromatic N) is 2. The summed E-state index contributed by atoms with van der Waals surface area (Å²) in [4.78, 5) is 30.2. The lowest BCUT2D eigenvalue weighted by Gasteiger charge is -2.20. The van der Waals surface area contributed by atoms with Gasteiger partial charge in [0.1, 0.15) is 23.0 Å². The molecule has 0 aliphatic rings. The van der Waals surface area contributed by atoms with Crippen molar-refractivity contribution in [3.63, 3.8) is 0 Å². The van der Waals surface area contributed by atoms with Gasteiger partial charge in [-0.2, -0.15) is 0 Å². The zero-order valence-electron chi connectivity index (χ0n) is 21.7. The van der Waals surface area contributed by atoms with Crippen LogP contribution in [0.5, 0.6) is 17.2 Å². The Morgan fingerprint density at radius 1 is 0.895 bits per heavy atom. The van der Waals surface area contributed by atoms with Crippen LogP contribution in [0, 0.1) is 6.92 Å². The molecule has 1 amide bonds. The van der Waals surface area contributed by atoms with Crippen molar-refractivity contribution in [2.45, 2.75) is 33.7 Å². The molecule has 0 radical (unpaired) electrons. The van der Waals surface area contributed by atoms with Crippen LogP contribution in [0.1, 0.15) is 30.9 Å². The van der Waals surface area contributed by atoms with Crippen molar-refractivity contribution in [2.24, 2.45) is 0 Å². The highest BCUT2D eigenvalue weighted by Gasteiger charge is 2.16. The number of hydrogen-bond acceptors (Lipinski definition) is 7. The third kappa shape index (κ3) is 7.22. The number of rotatable bonds is 10. The maximum Gasteiger partial charge on any atom is 0.415 e. The highest BCUT2D eigenvalue weighted by molar-refractivity contribution is 5.72. The third-order valence-corrected chi connectivity index (χ3v) is 5.71. The smallest absolute Gasteiger partial charge is 0.415 e. The molecule has 8 heteroatoms. The molecule has 0 spiro atoms. The van der Waals surface area contributed by atoms with E-state index in [0.717, 1.165) is 22.6 Å². The van der Waals surface area contributed by atoms with Crippen LogP contribution in [-0.2, 0) is 17.8 Å². The minimum absolute atomic E-state index is 0.294. The molecule has 4 rings (SSSR count). The number of benzene rings is 3. The van der Waals surface area contributed by atoms with Crippen LogP contribution in [-0.4, -0.2) is 35.1 Å². The van der Waals surface area contributed by atoms with E-state index in [4.69, 9.17) is 18.6 Å². The van der Waals surface area contributed by atoms with Gasteiger partial charge in [-0.15, -0.1) is 0 Å². The van der Waals surface area contributed by atoms with E-state index >= 15 is 0 Å². The summed E-state index contributed by atoms with van der Waals surface area (Å²) in [6.07, 6.45) is 0.0983. The van der Waals surface area contributed by atoms with Crippen molar-refractivity contribution in [1.29, 1.82) is 0 Å². The van der Waals surface area contributed by atoms with Crippen molar-refractivity contribution < 1.29 is 28.2 Å². The molecule has 0 unspecified atom stereocenters. The summed E-state index contributed by atoms with van der Waals surface area (Å²) in [5.74, 6) is 2.24. The topological polar surface area (TPSA) is 91.1 Å². The average Bonchev–Trinajstić information content (AvgIpc) is 3.28. The summed E-state index contributed by atoms with van der Waals surface area (Å²) < 4.78 is 22.4. The molecule has 0 bridgehead atoms. The number of esters is 1. The number of aromatic nitrogens is 1. The molecule has 0 aliphatic heterocycles. The molecule has 1 aromatic heterocycles. The van der Waals surface area contributed by atoms with Crippen LogP contribution in [0.3, 0.4) is 0 Å². The zero-order chi connectivity index (χ0) is 26.9. The molecule has 8 nitrogen and oxygen atoms in total. The average molecular weight is 515 g/mol. The van der Waals surface area contributed by atoms with Crippen molar-refractivity contribution in [3.8, 4) is 28.7 Å². The SMILES string of the molecule is CCN(Cc1cccc(OCCc2nc(-c3ccccc3)oc2C)c1)C(=O)Oc1cccc(OC(C)=O)c1. The minimum Gasteiger partial charge on any atom is -0.493 e. The van der Waals surface area contributed by atoms with Crippen molar-refractivity contribution in [3.05, 3.63) is 95.9 Å². The van der Waals surface area contributed by atoms with Crippen LogP contribution in [0.15, 0.2) is 83.3 Å². The summed E-state index contributed by atoms with van der Waals surface area (Å²) >= 11 is 0. The van der Waals surface area contributed by atoms with E-state index < -0.39 is 12.1 Å². The number of carbonyl (C=O) groups is 2. The molecule has 0 aliphatic carbocycles. The standard InChI is InChI=1S/C30H30N2O6/c1-4-32(30(34)38-27-15-9-14-26(19-27)37-22(3)33)20-23-10-8-13-25(18-23)35-17-16-28-21(2)36-29(31-28)24-11-6-5-7-12-24/h5-15,18-19H,4,16-17,20H2,1-3H3.